The van der Waals surface area contributed by atoms with Crippen molar-refractivity contribution in [3.63, 3.8) is 0 Å². The van der Waals surface area contributed by atoms with Crippen molar-refractivity contribution in [3.8, 4) is 0 Å². The molecule has 9 nitrogen and oxygen atoms in total. The van der Waals surface area contributed by atoms with E-state index in [9.17, 15) is 39.6 Å². The number of aromatic carboxylic acids is 4. The first kappa shape index (κ1) is 16.8. The summed E-state index contributed by atoms with van der Waals surface area (Å²) in [6.45, 7) is 0. The number of aromatic nitrogens is 1. The minimum absolute atomic E-state index is 0.268. The summed E-state index contributed by atoms with van der Waals surface area (Å²) in [5.74, 6) is -7.17. The summed E-state index contributed by atoms with van der Waals surface area (Å²) in [6.07, 6.45) is 0. The number of hydrogen-bond donors (Lipinski definition) is 4. The first-order chi connectivity index (χ1) is 12.2. The number of rotatable bonds is 4. The molecular formula is C17H9NO8. The van der Waals surface area contributed by atoms with Crippen LogP contribution >= 0.6 is 0 Å². The highest BCUT2D eigenvalue weighted by Crippen LogP contribution is 2.32. The maximum absolute atomic E-state index is 11.7. The van der Waals surface area contributed by atoms with Gasteiger partial charge in [0.05, 0.1) is 27.7 Å². The molecular weight excluding hydrogens is 346 g/mol. The van der Waals surface area contributed by atoms with Crippen molar-refractivity contribution >= 4 is 45.7 Å². The minimum atomic E-state index is -1.88. The van der Waals surface area contributed by atoms with E-state index in [0.717, 1.165) is 0 Å². The molecule has 0 spiro atoms. The Hall–Kier alpha value is -4.01. The molecule has 0 saturated carbocycles. The lowest BCUT2D eigenvalue weighted by Crippen LogP contribution is -2.20. The largest absolute Gasteiger partial charge is 0.478 e. The molecule has 0 unspecified atom stereocenters. The first-order valence-corrected chi connectivity index (χ1v) is 7.06. The monoisotopic (exact) mass is 355 g/mol. The van der Waals surface area contributed by atoms with Gasteiger partial charge in [-0.3, -0.25) is 0 Å². The van der Waals surface area contributed by atoms with Gasteiger partial charge in [0.25, 0.3) is 0 Å². The molecule has 0 bridgehead atoms. The number of carbonyl (C=O) groups is 4. The van der Waals surface area contributed by atoms with Gasteiger partial charge in [0.2, 0.25) is 0 Å². The van der Waals surface area contributed by atoms with Crippen molar-refractivity contribution in [2.45, 2.75) is 0 Å². The molecule has 1 aromatic heterocycles. The molecule has 0 atom stereocenters. The van der Waals surface area contributed by atoms with Crippen LogP contribution in [0.1, 0.15) is 41.4 Å². The van der Waals surface area contributed by atoms with Gasteiger partial charge in [0, 0.05) is 10.8 Å². The summed E-state index contributed by atoms with van der Waals surface area (Å²) in [6, 6.07) is 7.65. The number of carboxylic acids is 4. The average molecular weight is 355 g/mol. The second kappa shape index (κ2) is 5.81. The number of para-hydroxylation sites is 1. The average Bonchev–Trinajstić information content (AvgIpc) is 2.56. The van der Waals surface area contributed by atoms with Crippen LogP contribution in [0.15, 0.2) is 30.3 Å². The maximum atomic E-state index is 11.7. The van der Waals surface area contributed by atoms with Crippen LogP contribution in [0.3, 0.4) is 0 Å². The summed E-state index contributed by atoms with van der Waals surface area (Å²) in [5, 5.41) is 37.9. The predicted octanol–water partition coefficient (Wildman–Crippen LogP) is 2.18. The Balaban J connectivity index is 2.74. The van der Waals surface area contributed by atoms with E-state index in [1.807, 2.05) is 0 Å². The van der Waals surface area contributed by atoms with Crippen LogP contribution in [-0.4, -0.2) is 49.3 Å². The van der Waals surface area contributed by atoms with Gasteiger partial charge in [0.1, 0.15) is 5.56 Å². The van der Waals surface area contributed by atoms with Crippen LogP contribution in [0.4, 0.5) is 0 Å². The molecule has 26 heavy (non-hydrogen) atoms. The van der Waals surface area contributed by atoms with Gasteiger partial charge in [-0.2, -0.15) is 0 Å². The number of fused-ring (bicyclic) bond motifs is 2. The standard InChI is InChI=1S/C17H9NO8/c19-14(20)9-7-5-6-3-1-2-4-8(6)18-13(7)12(17(25)26)11(16(23)24)10(9)15(21)22/h1-5H,(H,19,20)(H,21,22)(H,23,24)(H,25,26). The molecule has 3 rings (SSSR count). The summed E-state index contributed by atoms with van der Waals surface area (Å²) in [4.78, 5) is 50.7. The highest BCUT2D eigenvalue weighted by atomic mass is 16.4. The van der Waals surface area contributed by atoms with Gasteiger partial charge in [0.15, 0.2) is 0 Å². The number of benzene rings is 2. The summed E-state index contributed by atoms with van der Waals surface area (Å²) in [7, 11) is 0. The summed E-state index contributed by atoms with van der Waals surface area (Å²) in [5.41, 5.74) is -4.03. The molecule has 0 aliphatic carbocycles. The molecule has 0 amide bonds. The zero-order valence-corrected chi connectivity index (χ0v) is 12.8. The fourth-order valence-corrected chi connectivity index (χ4v) is 2.86. The first-order valence-electron chi connectivity index (χ1n) is 7.06. The molecule has 0 aliphatic heterocycles. The molecule has 0 aliphatic rings. The second-order valence-corrected chi connectivity index (χ2v) is 5.30. The molecule has 130 valence electrons. The third kappa shape index (κ3) is 2.38. The van der Waals surface area contributed by atoms with E-state index in [1.54, 1.807) is 18.2 Å². The number of nitrogens with zero attached hydrogens (tertiary/aromatic N) is 1. The van der Waals surface area contributed by atoms with E-state index in [2.05, 4.69) is 4.98 Å². The van der Waals surface area contributed by atoms with Crippen molar-refractivity contribution in [3.05, 3.63) is 52.6 Å². The van der Waals surface area contributed by atoms with E-state index in [4.69, 9.17) is 0 Å². The zero-order chi connectivity index (χ0) is 19.2. The zero-order valence-electron chi connectivity index (χ0n) is 12.8. The van der Waals surface area contributed by atoms with Crippen molar-refractivity contribution in [1.82, 2.24) is 4.98 Å². The van der Waals surface area contributed by atoms with E-state index in [-0.39, 0.29) is 5.39 Å². The Bertz CT molecular complexity index is 1060. The molecule has 1 heterocycles. The van der Waals surface area contributed by atoms with Crippen LogP contribution in [0, 0.1) is 0 Å². The molecule has 0 saturated heterocycles. The lowest BCUT2D eigenvalue weighted by atomic mass is 9.90. The minimum Gasteiger partial charge on any atom is -0.478 e. The molecule has 4 N–H and O–H groups in total. The smallest absolute Gasteiger partial charge is 0.338 e. The van der Waals surface area contributed by atoms with Gasteiger partial charge in [-0.25, -0.2) is 24.2 Å². The topological polar surface area (TPSA) is 162 Å². The van der Waals surface area contributed by atoms with Crippen LogP contribution in [0.25, 0.3) is 21.8 Å². The SMILES string of the molecule is O=C(O)c1c(C(=O)O)c(C(=O)O)c2nc3ccccc3cc2c1C(=O)O. The predicted molar refractivity (Wildman–Crippen MR) is 87.1 cm³/mol. The van der Waals surface area contributed by atoms with Crippen LogP contribution in [0.2, 0.25) is 0 Å². The Morgan fingerprint density at radius 2 is 1.19 bits per heavy atom. The fraction of sp³-hybridized carbons (Fsp3) is 0. The Morgan fingerprint density at radius 3 is 1.73 bits per heavy atom. The van der Waals surface area contributed by atoms with E-state index in [1.165, 1.54) is 12.1 Å². The van der Waals surface area contributed by atoms with Crippen molar-refractivity contribution in [2.24, 2.45) is 0 Å². The summed E-state index contributed by atoms with van der Waals surface area (Å²) < 4.78 is 0. The van der Waals surface area contributed by atoms with E-state index in [0.29, 0.717) is 10.9 Å². The van der Waals surface area contributed by atoms with Gasteiger partial charge in [-0.1, -0.05) is 18.2 Å². The second-order valence-electron chi connectivity index (χ2n) is 5.30. The highest BCUT2D eigenvalue weighted by Gasteiger charge is 2.34. The molecule has 0 fully saturated rings. The number of pyridine rings is 1. The summed E-state index contributed by atoms with van der Waals surface area (Å²) >= 11 is 0. The van der Waals surface area contributed by atoms with Crippen LogP contribution < -0.4 is 0 Å². The maximum Gasteiger partial charge on any atom is 0.338 e. The molecule has 0 radical (unpaired) electrons. The normalized spacial score (nSPS) is 10.8. The lowest BCUT2D eigenvalue weighted by molar-refractivity contribution is 0.0621. The van der Waals surface area contributed by atoms with E-state index < -0.39 is 51.6 Å². The van der Waals surface area contributed by atoms with Crippen LogP contribution in [0.5, 0.6) is 0 Å². The van der Waals surface area contributed by atoms with E-state index >= 15 is 0 Å². The van der Waals surface area contributed by atoms with Gasteiger partial charge in [-0.15, -0.1) is 0 Å². The molecule has 9 heteroatoms. The van der Waals surface area contributed by atoms with Gasteiger partial charge < -0.3 is 20.4 Å². The highest BCUT2D eigenvalue weighted by molar-refractivity contribution is 6.23. The Morgan fingerprint density at radius 1 is 0.692 bits per heavy atom. The van der Waals surface area contributed by atoms with Crippen molar-refractivity contribution < 1.29 is 39.6 Å². The van der Waals surface area contributed by atoms with Gasteiger partial charge in [-0.05, 0) is 12.1 Å². The quantitative estimate of drug-likeness (QED) is 0.514. The number of hydrogen-bond acceptors (Lipinski definition) is 5. The van der Waals surface area contributed by atoms with Crippen LogP contribution in [-0.2, 0) is 0 Å². The Kier molecular flexibility index (Phi) is 3.76. The number of carboxylic acid groups (broad SMARTS) is 4. The third-order valence-electron chi connectivity index (χ3n) is 3.84. The molecule has 2 aromatic carbocycles. The van der Waals surface area contributed by atoms with Gasteiger partial charge >= 0.3 is 23.9 Å². The Labute approximate surface area is 143 Å². The fourth-order valence-electron chi connectivity index (χ4n) is 2.86. The van der Waals surface area contributed by atoms with Crippen molar-refractivity contribution in [2.75, 3.05) is 0 Å². The van der Waals surface area contributed by atoms with Crippen molar-refractivity contribution in [1.29, 1.82) is 0 Å². The molecule has 3 aromatic rings. The third-order valence-corrected chi connectivity index (χ3v) is 3.84. The lowest BCUT2D eigenvalue weighted by Gasteiger charge is -2.14.